The van der Waals surface area contributed by atoms with Crippen molar-refractivity contribution in [1.82, 2.24) is 4.90 Å². The van der Waals surface area contributed by atoms with E-state index in [4.69, 9.17) is 11.6 Å². The zero-order chi connectivity index (χ0) is 17.1. The highest BCUT2D eigenvalue weighted by Crippen LogP contribution is 2.24. The fourth-order valence-corrected chi connectivity index (χ4v) is 3.73. The Bertz CT molecular complexity index is 737. The molecule has 2 aromatic rings. The molecule has 0 bridgehead atoms. The lowest BCUT2D eigenvalue weighted by Crippen LogP contribution is -2.41. The van der Waals surface area contributed by atoms with Gasteiger partial charge in [-0.1, -0.05) is 23.7 Å². The molecule has 1 fully saturated rings. The summed E-state index contributed by atoms with van der Waals surface area (Å²) in [5.74, 6) is -0.00565. The van der Waals surface area contributed by atoms with Gasteiger partial charge in [-0.2, -0.15) is 0 Å². The average Bonchev–Trinajstić information content (AvgIpc) is 3.12. The van der Waals surface area contributed by atoms with Crippen LogP contribution in [0.3, 0.4) is 0 Å². The number of piperidine rings is 1. The number of aryl methyl sites for hydroxylation is 1. The third-order valence-electron chi connectivity index (χ3n) is 4.34. The Hall–Kier alpha value is -1.85. The monoisotopic (exact) mass is 362 g/mol. The van der Waals surface area contributed by atoms with Crippen LogP contribution in [0.1, 0.15) is 28.1 Å². The Labute approximate surface area is 150 Å². The van der Waals surface area contributed by atoms with Crippen molar-refractivity contribution in [1.29, 1.82) is 0 Å². The highest BCUT2D eigenvalue weighted by atomic mass is 35.5. The Morgan fingerprint density at radius 3 is 2.67 bits per heavy atom. The molecule has 126 valence electrons. The topological polar surface area (TPSA) is 49.4 Å². The molecule has 1 aromatic carbocycles. The molecule has 0 atom stereocenters. The maximum Gasteiger partial charge on any atom is 0.263 e. The molecule has 1 saturated heterocycles. The third-order valence-corrected chi connectivity index (χ3v) is 5.44. The molecule has 2 amide bonds. The van der Waals surface area contributed by atoms with Gasteiger partial charge in [0, 0.05) is 29.7 Å². The SMILES string of the molecule is Cc1ccc(Cl)cc1NC(=O)C1CCN(C(=O)c2cccs2)CC1. The van der Waals surface area contributed by atoms with Crippen molar-refractivity contribution in [3.8, 4) is 0 Å². The van der Waals surface area contributed by atoms with Gasteiger partial charge in [0.1, 0.15) is 0 Å². The second-order valence-corrected chi connectivity index (χ2v) is 7.38. The van der Waals surface area contributed by atoms with E-state index in [1.807, 2.05) is 35.4 Å². The van der Waals surface area contributed by atoms with Gasteiger partial charge in [0.15, 0.2) is 0 Å². The average molecular weight is 363 g/mol. The van der Waals surface area contributed by atoms with Crippen molar-refractivity contribution in [2.45, 2.75) is 19.8 Å². The molecule has 2 heterocycles. The first-order chi connectivity index (χ1) is 11.5. The molecule has 0 spiro atoms. The van der Waals surface area contributed by atoms with Gasteiger partial charge in [0.25, 0.3) is 5.91 Å². The smallest absolute Gasteiger partial charge is 0.263 e. The van der Waals surface area contributed by atoms with Crippen molar-refractivity contribution in [3.05, 3.63) is 51.2 Å². The maximum absolute atomic E-state index is 12.5. The minimum atomic E-state index is -0.0734. The summed E-state index contributed by atoms with van der Waals surface area (Å²) in [6.45, 7) is 3.17. The summed E-state index contributed by atoms with van der Waals surface area (Å²) in [5, 5.41) is 5.48. The van der Waals surface area contributed by atoms with E-state index in [1.54, 1.807) is 12.1 Å². The predicted octanol–water partition coefficient (Wildman–Crippen LogP) is 4.20. The molecule has 4 nitrogen and oxygen atoms in total. The number of benzene rings is 1. The molecule has 1 aliphatic rings. The number of likely N-dealkylation sites (tertiary alicyclic amines) is 1. The Morgan fingerprint density at radius 2 is 2.00 bits per heavy atom. The van der Waals surface area contributed by atoms with Crippen LogP contribution in [0.5, 0.6) is 0 Å². The van der Waals surface area contributed by atoms with Gasteiger partial charge in [-0.3, -0.25) is 9.59 Å². The van der Waals surface area contributed by atoms with Gasteiger partial charge in [0.05, 0.1) is 4.88 Å². The van der Waals surface area contributed by atoms with Gasteiger partial charge < -0.3 is 10.2 Å². The van der Waals surface area contributed by atoms with Crippen LogP contribution in [0.2, 0.25) is 5.02 Å². The van der Waals surface area contributed by atoms with Crippen LogP contribution in [-0.4, -0.2) is 29.8 Å². The fraction of sp³-hybridized carbons (Fsp3) is 0.333. The van der Waals surface area contributed by atoms with Gasteiger partial charge >= 0.3 is 0 Å². The molecule has 1 aromatic heterocycles. The van der Waals surface area contributed by atoms with E-state index in [0.29, 0.717) is 31.0 Å². The summed E-state index contributed by atoms with van der Waals surface area (Å²) >= 11 is 7.45. The summed E-state index contributed by atoms with van der Waals surface area (Å²) in [7, 11) is 0. The van der Waals surface area contributed by atoms with E-state index in [0.717, 1.165) is 16.1 Å². The molecule has 0 unspecified atom stereocenters. The van der Waals surface area contributed by atoms with E-state index in [9.17, 15) is 9.59 Å². The van der Waals surface area contributed by atoms with Gasteiger partial charge in [-0.25, -0.2) is 0 Å². The summed E-state index contributed by atoms with van der Waals surface area (Å²) in [6.07, 6.45) is 1.37. The highest BCUT2D eigenvalue weighted by Gasteiger charge is 2.28. The predicted molar refractivity (Wildman–Crippen MR) is 97.8 cm³/mol. The molecule has 24 heavy (non-hydrogen) atoms. The van der Waals surface area contributed by atoms with Gasteiger partial charge in [0.2, 0.25) is 5.91 Å². The molecular weight excluding hydrogens is 344 g/mol. The standard InChI is InChI=1S/C18H19ClN2O2S/c1-12-4-5-14(19)11-15(12)20-17(22)13-6-8-21(9-7-13)18(23)16-3-2-10-24-16/h2-5,10-11,13H,6-9H2,1H3,(H,20,22). The molecular formula is C18H19ClN2O2S. The number of rotatable bonds is 3. The van der Waals surface area contributed by atoms with Crippen LogP contribution in [0, 0.1) is 12.8 Å². The third kappa shape index (κ3) is 3.79. The van der Waals surface area contributed by atoms with Gasteiger partial charge in [-0.05, 0) is 48.9 Å². The largest absolute Gasteiger partial charge is 0.338 e. The second kappa shape index (κ2) is 7.36. The number of hydrogen-bond donors (Lipinski definition) is 1. The Balaban J connectivity index is 1.57. The van der Waals surface area contributed by atoms with E-state index in [1.165, 1.54) is 11.3 Å². The zero-order valence-electron chi connectivity index (χ0n) is 13.4. The number of anilines is 1. The number of amides is 2. The van der Waals surface area contributed by atoms with Crippen LogP contribution in [0.4, 0.5) is 5.69 Å². The molecule has 6 heteroatoms. The van der Waals surface area contributed by atoms with Crippen LogP contribution in [0.15, 0.2) is 35.7 Å². The number of nitrogens with one attached hydrogen (secondary N) is 1. The Kier molecular flexibility index (Phi) is 5.21. The van der Waals surface area contributed by atoms with Crippen LogP contribution in [-0.2, 0) is 4.79 Å². The lowest BCUT2D eigenvalue weighted by Gasteiger charge is -2.31. The quantitative estimate of drug-likeness (QED) is 0.889. The second-order valence-electron chi connectivity index (χ2n) is 5.99. The lowest BCUT2D eigenvalue weighted by atomic mass is 9.95. The normalized spacial score (nSPS) is 15.3. The van der Waals surface area contributed by atoms with Crippen molar-refractivity contribution in [3.63, 3.8) is 0 Å². The van der Waals surface area contributed by atoms with Gasteiger partial charge in [-0.15, -0.1) is 11.3 Å². The maximum atomic E-state index is 12.5. The summed E-state index contributed by atoms with van der Waals surface area (Å²) in [6, 6.07) is 9.19. The minimum absolute atomic E-state index is 0.00332. The Morgan fingerprint density at radius 1 is 1.25 bits per heavy atom. The molecule has 0 radical (unpaired) electrons. The summed E-state index contributed by atoms with van der Waals surface area (Å²) < 4.78 is 0. The number of halogens is 1. The fourth-order valence-electron chi connectivity index (χ4n) is 2.86. The van der Waals surface area contributed by atoms with E-state index < -0.39 is 0 Å². The first-order valence-electron chi connectivity index (χ1n) is 7.94. The minimum Gasteiger partial charge on any atom is -0.338 e. The van der Waals surface area contributed by atoms with Crippen LogP contribution < -0.4 is 5.32 Å². The van der Waals surface area contributed by atoms with Crippen molar-refractivity contribution >= 4 is 40.4 Å². The number of nitrogens with zero attached hydrogens (tertiary/aromatic N) is 1. The van der Waals surface area contributed by atoms with E-state index in [-0.39, 0.29) is 17.7 Å². The number of carbonyl (C=O) groups excluding carboxylic acids is 2. The summed E-state index contributed by atoms with van der Waals surface area (Å²) in [5.41, 5.74) is 1.74. The number of thiophene rings is 1. The molecule has 1 N–H and O–H groups in total. The summed E-state index contributed by atoms with van der Waals surface area (Å²) in [4.78, 5) is 27.4. The van der Waals surface area contributed by atoms with Crippen molar-refractivity contribution in [2.75, 3.05) is 18.4 Å². The van der Waals surface area contributed by atoms with Crippen molar-refractivity contribution < 1.29 is 9.59 Å². The van der Waals surface area contributed by atoms with E-state index in [2.05, 4.69) is 5.32 Å². The van der Waals surface area contributed by atoms with Crippen molar-refractivity contribution in [2.24, 2.45) is 5.92 Å². The molecule has 3 rings (SSSR count). The first kappa shape index (κ1) is 17.0. The van der Waals surface area contributed by atoms with Crippen LogP contribution in [0.25, 0.3) is 0 Å². The number of hydrogen-bond acceptors (Lipinski definition) is 3. The zero-order valence-corrected chi connectivity index (χ0v) is 15.0. The van der Waals surface area contributed by atoms with E-state index >= 15 is 0 Å². The highest BCUT2D eigenvalue weighted by molar-refractivity contribution is 7.12. The molecule has 0 aliphatic carbocycles. The number of carbonyl (C=O) groups is 2. The molecule has 0 saturated carbocycles. The lowest BCUT2D eigenvalue weighted by molar-refractivity contribution is -0.121. The molecule has 1 aliphatic heterocycles. The first-order valence-corrected chi connectivity index (χ1v) is 9.20. The van der Waals surface area contributed by atoms with Crippen LogP contribution >= 0.6 is 22.9 Å².